The number of hydrogen-bond acceptors (Lipinski definition) is 3. The quantitative estimate of drug-likeness (QED) is 0.786. The fourth-order valence-corrected chi connectivity index (χ4v) is 1.72. The lowest BCUT2D eigenvalue weighted by atomic mass is 10.3. The third-order valence-electron chi connectivity index (χ3n) is 2.50. The Balaban J connectivity index is 2.41. The number of rotatable bonds is 3. The lowest BCUT2D eigenvalue weighted by molar-refractivity contribution is 0.532. The van der Waals surface area contributed by atoms with E-state index in [0.717, 1.165) is 17.7 Å². The average Bonchev–Trinajstić information content (AvgIpc) is 2.77. The molecule has 0 aliphatic rings. The van der Waals surface area contributed by atoms with Crippen molar-refractivity contribution < 1.29 is 0 Å². The van der Waals surface area contributed by atoms with E-state index in [1.165, 1.54) is 0 Å². The van der Waals surface area contributed by atoms with Gasteiger partial charge in [-0.3, -0.25) is 4.68 Å². The fourth-order valence-electron chi connectivity index (χ4n) is 1.51. The van der Waals surface area contributed by atoms with E-state index < -0.39 is 0 Å². The SMILES string of the molecule is CCc1cc(Cl)nc(-c2cnn(C(C)C)c2)n1. The number of aryl methyl sites for hydroxylation is 1. The van der Waals surface area contributed by atoms with E-state index in [-0.39, 0.29) is 0 Å². The van der Waals surface area contributed by atoms with E-state index in [4.69, 9.17) is 11.6 Å². The zero-order valence-electron chi connectivity index (χ0n) is 10.2. The summed E-state index contributed by atoms with van der Waals surface area (Å²) < 4.78 is 1.88. The second-order valence-corrected chi connectivity index (χ2v) is 4.55. The molecule has 0 aromatic carbocycles. The first-order valence-electron chi connectivity index (χ1n) is 5.68. The molecule has 0 saturated heterocycles. The highest BCUT2D eigenvalue weighted by Crippen LogP contribution is 2.19. The molecule has 5 heteroatoms. The summed E-state index contributed by atoms with van der Waals surface area (Å²) in [7, 11) is 0. The highest BCUT2D eigenvalue weighted by molar-refractivity contribution is 6.29. The van der Waals surface area contributed by atoms with Crippen molar-refractivity contribution in [3.63, 3.8) is 0 Å². The molecule has 0 bridgehead atoms. The summed E-state index contributed by atoms with van der Waals surface area (Å²) >= 11 is 5.97. The van der Waals surface area contributed by atoms with Crippen molar-refractivity contribution in [2.45, 2.75) is 33.2 Å². The van der Waals surface area contributed by atoms with Crippen molar-refractivity contribution in [1.82, 2.24) is 19.7 Å². The van der Waals surface area contributed by atoms with Gasteiger partial charge in [-0.1, -0.05) is 18.5 Å². The molecule has 2 heterocycles. The second-order valence-electron chi connectivity index (χ2n) is 4.16. The number of aromatic nitrogens is 4. The smallest absolute Gasteiger partial charge is 0.164 e. The van der Waals surface area contributed by atoms with Crippen LogP contribution in [0.5, 0.6) is 0 Å². The highest BCUT2D eigenvalue weighted by Gasteiger charge is 2.08. The van der Waals surface area contributed by atoms with Crippen molar-refractivity contribution in [3.05, 3.63) is 29.3 Å². The first kappa shape index (κ1) is 12.0. The topological polar surface area (TPSA) is 43.6 Å². The molecule has 0 unspecified atom stereocenters. The maximum Gasteiger partial charge on any atom is 0.164 e. The molecule has 0 radical (unpaired) electrons. The van der Waals surface area contributed by atoms with E-state index in [9.17, 15) is 0 Å². The van der Waals surface area contributed by atoms with Gasteiger partial charge in [-0.2, -0.15) is 5.10 Å². The van der Waals surface area contributed by atoms with Crippen molar-refractivity contribution in [3.8, 4) is 11.4 Å². The van der Waals surface area contributed by atoms with Crippen LogP contribution in [0.2, 0.25) is 5.15 Å². The zero-order chi connectivity index (χ0) is 12.4. The van der Waals surface area contributed by atoms with Crippen LogP contribution in [0.3, 0.4) is 0 Å². The molecular formula is C12H15ClN4. The normalized spacial score (nSPS) is 11.1. The van der Waals surface area contributed by atoms with Crippen LogP contribution in [0.25, 0.3) is 11.4 Å². The summed E-state index contributed by atoms with van der Waals surface area (Å²) in [5, 5.41) is 4.75. The van der Waals surface area contributed by atoms with Gasteiger partial charge in [0, 0.05) is 17.9 Å². The van der Waals surface area contributed by atoms with Crippen LogP contribution < -0.4 is 0 Å². The first-order chi connectivity index (χ1) is 8.10. The van der Waals surface area contributed by atoms with Gasteiger partial charge < -0.3 is 0 Å². The lowest BCUT2D eigenvalue weighted by Crippen LogP contribution is -2.00. The lowest BCUT2D eigenvalue weighted by Gasteiger charge is -2.03. The van der Waals surface area contributed by atoms with E-state index >= 15 is 0 Å². The molecular weight excluding hydrogens is 236 g/mol. The molecule has 0 amide bonds. The molecule has 0 atom stereocenters. The minimum atomic E-state index is 0.327. The van der Waals surface area contributed by atoms with Crippen LogP contribution in [0, 0.1) is 0 Å². The van der Waals surface area contributed by atoms with Crippen LogP contribution >= 0.6 is 11.6 Å². The van der Waals surface area contributed by atoms with E-state index in [2.05, 4.69) is 28.9 Å². The van der Waals surface area contributed by atoms with Gasteiger partial charge >= 0.3 is 0 Å². The molecule has 4 nitrogen and oxygen atoms in total. The first-order valence-corrected chi connectivity index (χ1v) is 6.06. The van der Waals surface area contributed by atoms with Gasteiger partial charge in [0.2, 0.25) is 0 Å². The fraction of sp³-hybridized carbons (Fsp3) is 0.417. The minimum Gasteiger partial charge on any atom is -0.270 e. The van der Waals surface area contributed by atoms with Gasteiger partial charge in [-0.25, -0.2) is 9.97 Å². The molecule has 2 rings (SSSR count). The van der Waals surface area contributed by atoms with Gasteiger partial charge in [-0.05, 0) is 26.3 Å². The van der Waals surface area contributed by atoms with Crippen LogP contribution in [0.15, 0.2) is 18.5 Å². The number of halogens is 1. The monoisotopic (exact) mass is 250 g/mol. The molecule has 90 valence electrons. The Kier molecular flexibility index (Phi) is 3.43. The zero-order valence-corrected chi connectivity index (χ0v) is 10.9. The molecule has 17 heavy (non-hydrogen) atoms. The highest BCUT2D eigenvalue weighted by atomic mass is 35.5. The molecule has 0 N–H and O–H groups in total. The van der Waals surface area contributed by atoms with Gasteiger partial charge in [0.15, 0.2) is 5.82 Å². The molecule has 2 aromatic heterocycles. The molecule has 0 spiro atoms. The van der Waals surface area contributed by atoms with E-state index in [0.29, 0.717) is 17.0 Å². The predicted octanol–water partition coefficient (Wildman–Crippen LogP) is 3.14. The minimum absolute atomic E-state index is 0.327. The van der Waals surface area contributed by atoms with E-state index in [1.54, 1.807) is 12.3 Å². The largest absolute Gasteiger partial charge is 0.270 e. The average molecular weight is 251 g/mol. The van der Waals surface area contributed by atoms with E-state index in [1.807, 2.05) is 17.8 Å². The maximum atomic E-state index is 5.97. The van der Waals surface area contributed by atoms with Crippen molar-refractivity contribution in [2.24, 2.45) is 0 Å². The Hall–Kier alpha value is -1.42. The Morgan fingerprint density at radius 1 is 1.35 bits per heavy atom. The van der Waals surface area contributed by atoms with Crippen LogP contribution in [0.4, 0.5) is 0 Å². The van der Waals surface area contributed by atoms with Crippen LogP contribution in [-0.4, -0.2) is 19.7 Å². The Bertz CT molecular complexity index is 519. The third-order valence-corrected chi connectivity index (χ3v) is 2.69. The summed E-state index contributed by atoms with van der Waals surface area (Å²) in [4.78, 5) is 8.67. The Morgan fingerprint density at radius 3 is 2.71 bits per heavy atom. The van der Waals surface area contributed by atoms with Gasteiger partial charge in [-0.15, -0.1) is 0 Å². The standard InChI is InChI=1S/C12H15ClN4/c1-4-10-5-11(13)16-12(15-10)9-6-14-17(7-9)8(2)3/h5-8H,4H2,1-3H3. The van der Waals surface area contributed by atoms with Crippen molar-refractivity contribution >= 4 is 11.6 Å². The van der Waals surface area contributed by atoms with Gasteiger partial charge in [0.05, 0.1) is 11.8 Å². The summed E-state index contributed by atoms with van der Waals surface area (Å²) in [5.41, 5.74) is 1.84. The third kappa shape index (κ3) is 2.64. The summed E-state index contributed by atoms with van der Waals surface area (Å²) in [6.45, 7) is 6.19. The summed E-state index contributed by atoms with van der Waals surface area (Å²) in [5.74, 6) is 0.640. The predicted molar refractivity (Wildman–Crippen MR) is 68.0 cm³/mol. The van der Waals surface area contributed by atoms with Crippen molar-refractivity contribution in [2.75, 3.05) is 0 Å². The Morgan fingerprint density at radius 2 is 2.12 bits per heavy atom. The number of nitrogens with zero attached hydrogens (tertiary/aromatic N) is 4. The molecule has 2 aromatic rings. The van der Waals surface area contributed by atoms with Gasteiger partial charge in [0.25, 0.3) is 0 Å². The number of hydrogen-bond donors (Lipinski definition) is 0. The van der Waals surface area contributed by atoms with Crippen molar-refractivity contribution in [1.29, 1.82) is 0 Å². The molecule has 0 aliphatic heterocycles. The maximum absolute atomic E-state index is 5.97. The van der Waals surface area contributed by atoms with Crippen LogP contribution in [-0.2, 0) is 6.42 Å². The molecule has 0 saturated carbocycles. The van der Waals surface area contributed by atoms with Crippen LogP contribution in [0.1, 0.15) is 32.5 Å². The summed E-state index contributed by atoms with van der Waals surface area (Å²) in [6.07, 6.45) is 4.55. The molecule has 0 fully saturated rings. The second kappa shape index (κ2) is 4.84. The summed E-state index contributed by atoms with van der Waals surface area (Å²) in [6, 6.07) is 2.12. The Labute approximate surface area is 106 Å². The molecule has 0 aliphatic carbocycles. The van der Waals surface area contributed by atoms with Gasteiger partial charge in [0.1, 0.15) is 5.15 Å².